The minimum atomic E-state index is -0.271. The maximum Gasteiger partial charge on any atom is 0.274 e. The van der Waals surface area contributed by atoms with Gasteiger partial charge in [-0.1, -0.05) is 30.5 Å². The van der Waals surface area contributed by atoms with Gasteiger partial charge < -0.3 is 10.6 Å². The summed E-state index contributed by atoms with van der Waals surface area (Å²) in [7, 11) is 0. The van der Waals surface area contributed by atoms with Crippen molar-refractivity contribution < 1.29 is 4.79 Å². The lowest BCUT2D eigenvalue weighted by Gasteiger charge is -2.13. The van der Waals surface area contributed by atoms with Crippen LogP contribution in [0.25, 0.3) is 0 Å². The fourth-order valence-electron chi connectivity index (χ4n) is 2.75. The van der Waals surface area contributed by atoms with Crippen LogP contribution in [0.1, 0.15) is 41.7 Å². The van der Waals surface area contributed by atoms with Crippen LogP contribution in [0.3, 0.4) is 0 Å². The molecule has 1 amide bonds. The van der Waals surface area contributed by atoms with Crippen molar-refractivity contribution in [2.75, 3.05) is 10.6 Å². The molecular formula is C17H19ClN4O. The van der Waals surface area contributed by atoms with E-state index >= 15 is 0 Å². The predicted octanol–water partition coefficient (Wildman–Crippen LogP) is 4.05. The number of aromatic nitrogens is 2. The fourth-order valence-corrected chi connectivity index (χ4v) is 2.93. The van der Waals surface area contributed by atoms with Gasteiger partial charge in [-0.2, -0.15) is 0 Å². The summed E-state index contributed by atoms with van der Waals surface area (Å²) in [6, 6.07) is 7.52. The number of amides is 1. The van der Waals surface area contributed by atoms with E-state index in [4.69, 9.17) is 11.6 Å². The molecule has 0 unspecified atom stereocenters. The lowest BCUT2D eigenvalue weighted by molar-refractivity contribution is 0.102. The first kappa shape index (κ1) is 15.7. The molecule has 0 radical (unpaired) electrons. The molecule has 1 saturated carbocycles. The van der Waals surface area contributed by atoms with Crippen molar-refractivity contribution in [3.05, 3.63) is 46.9 Å². The highest BCUT2D eigenvalue weighted by atomic mass is 35.5. The molecule has 6 heteroatoms. The molecule has 1 heterocycles. The van der Waals surface area contributed by atoms with Gasteiger partial charge in [-0.15, -0.1) is 0 Å². The second kappa shape index (κ2) is 6.96. The molecular weight excluding hydrogens is 312 g/mol. The lowest BCUT2D eigenvalue weighted by Crippen LogP contribution is -2.18. The van der Waals surface area contributed by atoms with Gasteiger partial charge in [0.2, 0.25) is 0 Å². The Morgan fingerprint density at radius 3 is 2.78 bits per heavy atom. The molecule has 2 N–H and O–H groups in total. The van der Waals surface area contributed by atoms with Gasteiger partial charge in [-0.3, -0.25) is 4.79 Å². The molecule has 2 aromatic rings. The second-order valence-electron chi connectivity index (χ2n) is 5.83. The summed E-state index contributed by atoms with van der Waals surface area (Å²) in [6.07, 6.45) is 6.19. The van der Waals surface area contributed by atoms with Crippen molar-refractivity contribution in [2.24, 2.45) is 0 Å². The van der Waals surface area contributed by atoms with Crippen LogP contribution in [0.15, 0.2) is 30.6 Å². The predicted molar refractivity (Wildman–Crippen MR) is 92.1 cm³/mol. The van der Waals surface area contributed by atoms with Crippen molar-refractivity contribution in [3.8, 4) is 0 Å². The Morgan fingerprint density at radius 2 is 2.00 bits per heavy atom. The molecule has 3 rings (SSSR count). The normalized spacial score (nSPS) is 14.7. The summed E-state index contributed by atoms with van der Waals surface area (Å²) >= 11 is 5.98. The molecule has 1 aliphatic rings. The number of nitrogens with one attached hydrogen (secondary N) is 2. The highest BCUT2D eigenvalue weighted by Crippen LogP contribution is 2.22. The number of hydrogen-bond donors (Lipinski definition) is 2. The van der Waals surface area contributed by atoms with Crippen LogP contribution in [0, 0.1) is 6.92 Å². The number of anilines is 2. The number of halogens is 1. The summed E-state index contributed by atoms with van der Waals surface area (Å²) in [5.41, 5.74) is 1.97. The van der Waals surface area contributed by atoms with E-state index in [2.05, 4.69) is 20.6 Å². The minimum absolute atomic E-state index is 0.271. The summed E-state index contributed by atoms with van der Waals surface area (Å²) in [5, 5.41) is 6.80. The quantitative estimate of drug-likeness (QED) is 0.887. The van der Waals surface area contributed by atoms with Gasteiger partial charge in [0.25, 0.3) is 5.91 Å². The average Bonchev–Trinajstić information content (AvgIpc) is 3.04. The third kappa shape index (κ3) is 3.99. The lowest BCUT2D eigenvalue weighted by atomic mass is 10.2. The molecule has 1 aromatic heterocycles. The maximum atomic E-state index is 12.4. The molecule has 23 heavy (non-hydrogen) atoms. The Kier molecular flexibility index (Phi) is 4.76. The summed E-state index contributed by atoms with van der Waals surface area (Å²) in [5.74, 6) is 0.423. The highest BCUT2D eigenvalue weighted by molar-refractivity contribution is 6.31. The number of hydrogen-bond acceptors (Lipinski definition) is 4. The number of carbonyl (C=O) groups excluding carboxylic acids is 1. The van der Waals surface area contributed by atoms with Crippen molar-refractivity contribution in [1.82, 2.24) is 9.97 Å². The Labute approximate surface area is 140 Å². The van der Waals surface area contributed by atoms with Crippen LogP contribution in [0.5, 0.6) is 0 Å². The number of carbonyl (C=O) groups is 1. The maximum absolute atomic E-state index is 12.4. The molecule has 5 nitrogen and oxygen atoms in total. The molecule has 1 aliphatic carbocycles. The Hall–Kier alpha value is -2.14. The molecule has 0 spiro atoms. The summed E-state index contributed by atoms with van der Waals surface area (Å²) < 4.78 is 0. The number of benzene rings is 1. The van der Waals surface area contributed by atoms with E-state index in [9.17, 15) is 4.79 Å². The van der Waals surface area contributed by atoms with E-state index in [1.54, 1.807) is 18.2 Å². The molecule has 1 aromatic carbocycles. The molecule has 1 fully saturated rings. The molecule has 120 valence electrons. The Bertz CT molecular complexity index is 713. The standard InChI is InChI=1S/C17H19ClN4O/c1-11-6-7-12(18)8-14(11)22-17(23)15-9-16(20-10-19-15)21-13-4-2-3-5-13/h6-10,13H,2-5H2,1H3,(H,22,23)(H,19,20,21). The van der Waals surface area contributed by atoms with Crippen molar-refractivity contribution >= 4 is 29.0 Å². The second-order valence-corrected chi connectivity index (χ2v) is 6.26. The Balaban J connectivity index is 1.72. The van der Waals surface area contributed by atoms with E-state index in [0.717, 1.165) is 18.4 Å². The number of nitrogens with zero attached hydrogens (tertiary/aromatic N) is 2. The third-order valence-corrected chi connectivity index (χ3v) is 4.29. The zero-order valence-electron chi connectivity index (χ0n) is 13.0. The third-order valence-electron chi connectivity index (χ3n) is 4.05. The van der Waals surface area contributed by atoms with Crippen LogP contribution in [0.4, 0.5) is 11.5 Å². The van der Waals surface area contributed by atoms with E-state index in [1.807, 2.05) is 13.0 Å². The van der Waals surface area contributed by atoms with Gasteiger partial charge in [-0.05, 0) is 37.5 Å². The zero-order chi connectivity index (χ0) is 16.2. The van der Waals surface area contributed by atoms with Gasteiger partial charge >= 0.3 is 0 Å². The monoisotopic (exact) mass is 330 g/mol. The Morgan fingerprint density at radius 1 is 1.22 bits per heavy atom. The summed E-state index contributed by atoms with van der Waals surface area (Å²) in [4.78, 5) is 20.7. The van der Waals surface area contributed by atoms with Crippen LogP contribution in [-0.4, -0.2) is 21.9 Å². The van der Waals surface area contributed by atoms with Gasteiger partial charge in [0.15, 0.2) is 0 Å². The highest BCUT2D eigenvalue weighted by Gasteiger charge is 2.16. The number of aryl methyl sites for hydroxylation is 1. The van der Waals surface area contributed by atoms with Crippen LogP contribution in [0.2, 0.25) is 5.02 Å². The largest absolute Gasteiger partial charge is 0.367 e. The molecule has 0 aliphatic heterocycles. The van der Waals surface area contributed by atoms with Gasteiger partial charge in [-0.25, -0.2) is 9.97 Å². The molecule has 0 bridgehead atoms. The fraction of sp³-hybridized carbons (Fsp3) is 0.353. The molecule has 0 atom stereocenters. The van der Waals surface area contributed by atoms with E-state index < -0.39 is 0 Å². The van der Waals surface area contributed by atoms with E-state index in [0.29, 0.717) is 28.3 Å². The number of rotatable bonds is 4. The zero-order valence-corrected chi connectivity index (χ0v) is 13.7. The average molecular weight is 331 g/mol. The smallest absolute Gasteiger partial charge is 0.274 e. The first-order valence-corrected chi connectivity index (χ1v) is 8.16. The first-order chi connectivity index (χ1) is 11.1. The topological polar surface area (TPSA) is 66.9 Å². The first-order valence-electron chi connectivity index (χ1n) is 7.78. The van der Waals surface area contributed by atoms with Crippen molar-refractivity contribution in [1.29, 1.82) is 0 Å². The van der Waals surface area contributed by atoms with Crippen LogP contribution < -0.4 is 10.6 Å². The summed E-state index contributed by atoms with van der Waals surface area (Å²) in [6.45, 7) is 1.92. The van der Waals surface area contributed by atoms with Gasteiger partial charge in [0.05, 0.1) is 0 Å². The van der Waals surface area contributed by atoms with Gasteiger partial charge in [0, 0.05) is 22.8 Å². The van der Waals surface area contributed by atoms with E-state index in [-0.39, 0.29) is 5.91 Å². The van der Waals surface area contributed by atoms with Crippen LogP contribution in [-0.2, 0) is 0 Å². The van der Waals surface area contributed by atoms with Gasteiger partial charge in [0.1, 0.15) is 17.8 Å². The SMILES string of the molecule is Cc1ccc(Cl)cc1NC(=O)c1cc(NC2CCCC2)ncn1. The minimum Gasteiger partial charge on any atom is -0.367 e. The van der Waals surface area contributed by atoms with Crippen molar-refractivity contribution in [3.63, 3.8) is 0 Å². The van der Waals surface area contributed by atoms with E-state index in [1.165, 1.54) is 19.2 Å². The van der Waals surface area contributed by atoms with Crippen LogP contribution >= 0.6 is 11.6 Å². The molecule has 0 saturated heterocycles. The van der Waals surface area contributed by atoms with Crippen molar-refractivity contribution in [2.45, 2.75) is 38.6 Å².